The number of hydrogen-bond donors (Lipinski definition) is 0. The lowest BCUT2D eigenvalue weighted by atomic mass is 10.1. The van der Waals surface area contributed by atoms with Crippen molar-refractivity contribution in [3.05, 3.63) is 59.5 Å². The van der Waals surface area contributed by atoms with Gasteiger partial charge >= 0.3 is 0 Å². The van der Waals surface area contributed by atoms with Crippen LogP contribution in [0.15, 0.2) is 52.2 Å². The van der Waals surface area contributed by atoms with Gasteiger partial charge in [-0.3, -0.25) is 0 Å². The summed E-state index contributed by atoms with van der Waals surface area (Å²) in [5.74, 6) is 0.700. The average Bonchev–Trinajstić information content (AvgIpc) is 2.81. The van der Waals surface area contributed by atoms with E-state index in [9.17, 15) is 0 Å². The van der Waals surface area contributed by atoms with E-state index in [-0.39, 0.29) is 0 Å². The molecule has 0 bridgehead atoms. The Labute approximate surface area is 94.3 Å². The van der Waals surface area contributed by atoms with E-state index in [4.69, 9.17) is 9.25 Å². The lowest BCUT2D eigenvalue weighted by Crippen LogP contribution is -2.02. The summed E-state index contributed by atoms with van der Waals surface area (Å²) in [4.78, 5) is 4.84. The van der Waals surface area contributed by atoms with E-state index in [2.05, 4.69) is 5.16 Å². The van der Waals surface area contributed by atoms with Gasteiger partial charge in [0.1, 0.15) is 7.11 Å². The zero-order valence-electron chi connectivity index (χ0n) is 9.31. The zero-order chi connectivity index (χ0) is 11.4. The molecule has 0 aliphatic heterocycles. The third-order valence-corrected chi connectivity index (χ3v) is 2.26. The van der Waals surface area contributed by atoms with Gasteiger partial charge in [-0.1, -0.05) is 35.0 Å². The first kappa shape index (κ1) is 10.5. The third kappa shape index (κ3) is 2.14. The minimum Gasteiger partial charge on any atom is -0.463 e. The van der Waals surface area contributed by atoms with Crippen molar-refractivity contribution in [1.82, 2.24) is 0 Å². The van der Waals surface area contributed by atoms with Crippen molar-refractivity contribution in [3.8, 4) is 0 Å². The summed E-state index contributed by atoms with van der Waals surface area (Å²) in [5.41, 5.74) is 2.88. The first-order valence-electron chi connectivity index (χ1n) is 5.03. The van der Waals surface area contributed by atoms with Crippen LogP contribution in [-0.2, 0) is 4.84 Å². The average molecular weight is 215 g/mol. The fourth-order valence-electron chi connectivity index (χ4n) is 1.46. The zero-order valence-corrected chi connectivity index (χ0v) is 9.31. The van der Waals surface area contributed by atoms with E-state index in [0.29, 0.717) is 11.5 Å². The Balaban J connectivity index is 2.41. The molecule has 0 amide bonds. The van der Waals surface area contributed by atoms with E-state index in [0.717, 1.165) is 5.56 Å². The van der Waals surface area contributed by atoms with Gasteiger partial charge in [-0.2, -0.15) is 0 Å². The van der Waals surface area contributed by atoms with Gasteiger partial charge in [0.25, 0.3) is 0 Å². The second kappa shape index (κ2) is 4.66. The van der Waals surface area contributed by atoms with Crippen molar-refractivity contribution in [2.24, 2.45) is 5.16 Å². The van der Waals surface area contributed by atoms with E-state index >= 15 is 0 Å². The highest BCUT2D eigenvalue weighted by Crippen LogP contribution is 2.12. The summed E-state index contributed by atoms with van der Waals surface area (Å²) in [6.45, 7) is 2.05. The SMILES string of the molecule is CO/N=C(/c1ccc(C)cc1)c1ccco1. The molecule has 0 aliphatic carbocycles. The van der Waals surface area contributed by atoms with Crippen molar-refractivity contribution < 1.29 is 9.25 Å². The first-order chi connectivity index (χ1) is 7.81. The predicted octanol–water partition coefficient (Wildman–Crippen LogP) is 2.99. The molecular weight excluding hydrogens is 202 g/mol. The molecule has 82 valence electrons. The van der Waals surface area contributed by atoms with Crippen LogP contribution in [0, 0.1) is 6.92 Å². The maximum Gasteiger partial charge on any atom is 0.156 e. The molecule has 2 rings (SSSR count). The monoisotopic (exact) mass is 215 g/mol. The van der Waals surface area contributed by atoms with Crippen LogP contribution in [0.3, 0.4) is 0 Å². The molecule has 0 fully saturated rings. The largest absolute Gasteiger partial charge is 0.463 e. The number of rotatable bonds is 3. The van der Waals surface area contributed by atoms with Crippen LogP contribution < -0.4 is 0 Å². The molecule has 0 N–H and O–H groups in total. The molecule has 3 nitrogen and oxygen atoms in total. The lowest BCUT2D eigenvalue weighted by Gasteiger charge is -2.03. The summed E-state index contributed by atoms with van der Waals surface area (Å²) in [5, 5.41) is 3.99. The molecule has 3 heteroatoms. The van der Waals surface area contributed by atoms with Crippen molar-refractivity contribution >= 4 is 5.71 Å². The molecule has 0 spiro atoms. The number of nitrogens with zero attached hydrogens (tertiary/aromatic N) is 1. The minimum atomic E-state index is 0.700. The fourth-order valence-corrected chi connectivity index (χ4v) is 1.46. The number of aryl methyl sites for hydroxylation is 1. The van der Waals surface area contributed by atoms with Gasteiger partial charge in [0.05, 0.1) is 6.26 Å². The van der Waals surface area contributed by atoms with Crippen LogP contribution in [0.2, 0.25) is 0 Å². The molecule has 0 radical (unpaired) electrons. The van der Waals surface area contributed by atoms with Crippen molar-refractivity contribution in [1.29, 1.82) is 0 Å². The summed E-state index contributed by atoms with van der Waals surface area (Å²) in [7, 11) is 1.52. The Morgan fingerprint density at radius 2 is 1.94 bits per heavy atom. The van der Waals surface area contributed by atoms with E-state index in [1.807, 2.05) is 43.3 Å². The predicted molar refractivity (Wildman–Crippen MR) is 62.5 cm³/mol. The normalized spacial score (nSPS) is 11.5. The molecule has 0 aliphatic rings. The molecule has 1 aromatic carbocycles. The Morgan fingerprint density at radius 3 is 2.50 bits per heavy atom. The number of benzene rings is 1. The molecular formula is C13H13NO2. The Hall–Kier alpha value is -2.03. The van der Waals surface area contributed by atoms with Gasteiger partial charge in [-0.15, -0.1) is 0 Å². The maximum atomic E-state index is 5.32. The maximum absolute atomic E-state index is 5.32. The highest BCUT2D eigenvalue weighted by Gasteiger charge is 2.10. The van der Waals surface area contributed by atoms with Crippen LogP contribution >= 0.6 is 0 Å². The third-order valence-electron chi connectivity index (χ3n) is 2.26. The molecule has 1 heterocycles. The summed E-state index contributed by atoms with van der Waals surface area (Å²) in [6.07, 6.45) is 1.62. The van der Waals surface area contributed by atoms with Gasteiger partial charge in [-0.05, 0) is 19.1 Å². The molecule has 0 atom stereocenters. The van der Waals surface area contributed by atoms with Crippen molar-refractivity contribution in [2.75, 3.05) is 7.11 Å². The van der Waals surface area contributed by atoms with Crippen LogP contribution in [0.25, 0.3) is 0 Å². The van der Waals surface area contributed by atoms with Gasteiger partial charge in [0, 0.05) is 5.56 Å². The second-order valence-electron chi connectivity index (χ2n) is 3.47. The summed E-state index contributed by atoms with van der Waals surface area (Å²) < 4.78 is 5.32. The highest BCUT2D eigenvalue weighted by atomic mass is 16.6. The van der Waals surface area contributed by atoms with Crippen molar-refractivity contribution in [2.45, 2.75) is 6.92 Å². The number of hydrogen-bond acceptors (Lipinski definition) is 3. The van der Waals surface area contributed by atoms with Crippen LogP contribution in [0.5, 0.6) is 0 Å². The Bertz CT molecular complexity index is 469. The van der Waals surface area contributed by atoms with Crippen LogP contribution in [0.1, 0.15) is 16.9 Å². The number of furan rings is 1. The topological polar surface area (TPSA) is 34.7 Å². The highest BCUT2D eigenvalue weighted by molar-refractivity contribution is 6.10. The second-order valence-corrected chi connectivity index (χ2v) is 3.47. The minimum absolute atomic E-state index is 0.700. The molecule has 1 aromatic heterocycles. The molecule has 0 saturated carbocycles. The van der Waals surface area contributed by atoms with Gasteiger partial charge in [-0.25, -0.2) is 0 Å². The molecule has 16 heavy (non-hydrogen) atoms. The molecule has 0 unspecified atom stereocenters. The summed E-state index contributed by atoms with van der Waals surface area (Å²) in [6, 6.07) is 11.7. The Morgan fingerprint density at radius 1 is 1.19 bits per heavy atom. The lowest BCUT2D eigenvalue weighted by molar-refractivity contribution is 0.213. The van der Waals surface area contributed by atoms with Gasteiger partial charge < -0.3 is 9.25 Å². The summed E-state index contributed by atoms with van der Waals surface area (Å²) >= 11 is 0. The van der Waals surface area contributed by atoms with Crippen molar-refractivity contribution in [3.63, 3.8) is 0 Å². The standard InChI is InChI=1S/C13H13NO2/c1-10-5-7-11(8-6-10)13(14-15-2)12-4-3-9-16-12/h3-9H,1-2H3/b14-13-. The quantitative estimate of drug-likeness (QED) is 0.582. The molecule has 2 aromatic rings. The Kier molecular flexibility index (Phi) is 3.05. The van der Waals surface area contributed by atoms with E-state index < -0.39 is 0 Å². The molecule has 0 saturated heterocycles. The first-order valence-corrected chi connectivity index (χ1v) is 5.03. The van der Waals surface area contributed by atoms with Gasteiger partial charge in [0.15, 0.2) is 11.5 Å². The smallest absolute Gasteiger partial charge is 0.156 e. The van der Waals surface area contributed by atoms with Crippen LogP contribution in [0.4, 0.5) is 0 Å². The van der Waals surface area contributed by atoms with Gasteiger partial charge in [0.2, 0.25) is 0 Å². The van der Waals surface area contributed by atoms with Crippen LogP contribution in [-0.4, -0.2) is 12.8 Å². The van der Waals surface area contributed by atoms with E-state index in [1.54, 1.807) is 6.26 Å². The number of oxime groups is 1. The van der Waals surface area contributed by atoms with E-state index in [1.165, 1.54) is 12.7 Å². The fraction of sp³-hybridized carbons (Fsp3) is 0.154.